The van der Waals surface area contributed by atoms with E-state index < -0.39 is 15.8 Å². The average molecular weight is 298 g/mol. The van der Waals surface area contributed by atoms with E-state index in [2.05, 4.69) is 9.82 Å². The van der Waals surface area contributed by atoms with Gasteiger partial charge < -0.3 is 5.73 Å². The fourth-order valence-electron chi connectivity index (χ4n) is 1.79. The molecule has 1 aromatic heterocycles. The number of sulfonamides is 1. The van der Waals surface area contributed by atoms with Crippen molar-refractivity contribution < 1.29 is 12.8 Å². The Balaban J connectivity index is 2.43. The predicted octanol–water partition coefficient (Wildman–Crippen LogP) is 1.56. The van der Waals surface area contributed by atoms with Gasteiger partial charge >= 0.3 is 0 Å². The van der Waals surface area contributed by atoms with Gasteiger partial charge in [0.2, 0.25) is 0 Å². The lowest BCUT2D eigenvalue weighted by Gasteiger charge is -2.09. The summed E-state index contributed by atoms with van der Waals surface area (Å²) in [7, 11) is -2.17. The van der Waals surface area contributed by atoms with Crippen molar-refractivity contribution >= 4 is 21.4 Å². The van der Waals surface area contributed by atoms with Crippen LogP contribution in [0, 0.1) is 19.7 Å². The molecule has 0 bridgehead atoms. The molecule has 20 heavy (non-hydrogen) atoms. The third-order valence-electron chi connectivity index (χ3n) is 3.03. The molecule has 2 aromatic rings. The number of benzene rings is 1. The molecule has 3 N–H and O–H groups in total. The quantitative estimate of drug-likeness (QED) is 0.841. The van der Waals surface area contributed by atoms with E-state index in [1.54, 1.807) is 25.6 Å². The molecule has 6 nitrogen and oxygen atoms in total. The lowest BCUT2D eigenvalue weighted by molar-refractivity contribution is 0.596. The average Bonchev–Trinajstić information content (AvgIpc) is 2.59. The lowest BCUT2D eigenvalue weighted by Crippen LogP contribution is -2.14. The summed E-state index contributed by atoms with van der Waals surface area (Å²) in [5.74, 6) is -0.771. The molecule has 0 unspecified atom stereocenters. The highest BCUT2D eigenvalue weighted by atomic mass is 32.2. The zero-order valence-electron chi connectivity index (χ0n) is 11.3. The molecule has 0 radical (unpaired) electrons. The first kappa shape index (κ1) is 14.3. The molecule has 1 aromatic carbocycles. The molecule has 1 heterocycles. The maximum absolute atomic E-state index is 13.4. The largest absolute Gasteiger partial charge is 0.396 e. The van der Waals surface area contributed by atoms with E-state index in [-0.39, 0.29) is 10.6 Å². The minimum absolute atomic E-state index is 0.0994. The number of nitrogens with two attached hydrogens (primary N) is 1. The summed E-state index contributed by atoms with van der Waals surface area (Å²) in [4.78, 5) is -0.188. The number of nitrogens with zero attached hydrogens (tertiary/aromatic N) is 2. The Labute approximate surface area is 116 Å². The van der Waals surface area contributed by atoms with Gasteiger partial charge in [-0.1, -0.05) is 0 Å². The summed E-state index contributed by atoms with van der Waals surface area (Å²) in [6.07, 6.45) is 0. The van der Waals surface area contributed by atoms with Crippen molar-refractivity contribution in [2.45, 2.75) is 18.7 Å². The normalized spacial score (nSPS) is 11.6. The highest BCUT2D eigenvalue weighted by Gasteiger charge is 2.20. The number of nitrogens with one attached hydrogen (secondary N) is 1. The molecule has 0 aliphatic carbocycles. The zero-order chi connectivity index (χ0) is 15.1. The van der Waals surface area contributed by atoms with E-state index in [4.69, 9.17) is 5.73 Å². The van der Waals surface area contributed by atoms with Crippen molar-refractivity contribution in [1.29, 1.82) is 0 Å². The Kier molecular flexibility index (Phi) is 3.43. The topological polar surface area (TPSA) is 90.0 Å². The first-order valence-electron chi connectivity index (χ1n) is 5.80. The molecule has 0 aliphatic rings. The van der Waals surface area contributed by atoms with Crippen LogP contribution >= 0.6 is 0 Å². The molecule has 0 saturated heterocycles. The number of aromatic nitrogens is 2. The summed E-state index contributed by atoms with van der Waals surface area (Å²) in [5, 5.41) is 4.12. The molecular weight excluding hydrogens is 283 g/mol. The number of anilines is 2. The predicted molar refractivity (Wildman–Crippen MR) is 74.3 cm³/mol. The number of hydrogen-bond acceptors (Lipinski definition) is 4. The van der Waals surface area contributed by atoms with E-state index in [9.17, 15) is 12.8 Å². The van der Waals surface area contributed by atoms with Crippen LogP contribution in [0.5, 0.6) is 0 Å². The van der Waals surface area contributed by atoms with E-state index in [1.807, 2.05) is 0 Å². The van der Waals surface area contributed by atoms with Gasteiger partial charge in [0.15, 0.2) is 0 Å². The zero-order valence-corrected chi connectivity index (χ0v) is 12.1. The summed E-state index contributed by atoms with van der Waals surface area (Å²) in [5.41, 5.74) is 6.84. The highest BCUT2D eigenvalue weighted by molar-refractivity contribution is 7.92. The van der Waals surface area contributed by atoms with Crippen LogP contribution in [0.4, 0.5) is 15.8 Å². The van der Waals surface area contributed by atoms with E-state index in [0.717, 1.165) is 6.07 Å². The van der Waals surface area contributed by atoms with Gasteiger partial charge in [0.1, 0.15) is 5.82 Å². The van der Waals surface area contributed by atoms with Crippen LogP contribution in [0.3, 0.4) is 0 Å². The van der Waals surface area contributed by atoms with Crippen molar-refractivity contribution in [2.24, 2.45) is 7.05 Å². The molecule has 8 heteroatoms. The van der Waals surface area contributed by atoms with Gasteiger partial charge in [-0.3, -0.25) is 9.40 Å². The van der Waals surface area contributed by atoms with Gasteiger partial charge in [0, 0.05) is 7.05 Å². The van der Waals surface area contributed by atoms with Crippen LogP contribution in [0.1, 0.15) is 11.4 Å². The van der Waals surface area contributed by atoms with Gasteiger partial charge in [-0.25, -0.2) is 12.8 Å². The van der Waals surface area contributed by atoms with Crippen LogP contribution in [0.25, 0.3) is 0 Å². The molecule has 0 atom stereocenters. The SMILES string of the molecule is Cc1nn(C)c(C)c1NS(=O)(=O)c1ccc(N)c(F)c1. The van der Waals surface area contributed by atoms with E-state index in [0.29, 0.717) is 17.1 Å². The van der Waals surface area contributed by atoms with Gasteiger partial charge in [-0.15, -0.1) is 0 Å². The van der Waals surface area contributed by atoms with Crippen molar-refractivity contribution in [1.82, 2.24) is 9.78 Å². The fraction of sp³-hybridized carbons (Fsp3) is 0.250. The molecular formula is C12H15FN4O2S. The maximum Gasteiger partial charge on any atom is 0.262 e. The molecule has 0 aliphatic heterocycles. The Morgan fingerprint density at radius 1 is 1.35 bits per heavy atom. The Morgan fingerprint density at radius 3 is 2.50 bits per heavy atom. The molecule has 108 valence electrons. The van der Waals surface area contributed by atoms with Crippen LogP contribution in [0.2, 0.25) is 0 Å². The van der Waals surface area contributed by atoms with Crippen LogP contribution in [0.15, 0.2) is 23.1 Å². The first-order chi connectivity index (χ1) is 9.22. The molecule has 0 spiro atoms. The Morgan fingerprint density at radius 2 is 2.00 bits per heavy atom. The Hall–Kier alpha value is -2.09. The number of aryl methyl sites for hydroxylation is 2. The maximum atomic E-state index is 13.4. The smallest absolute Gasteiger partial charge is 0.262 e. The third kappa shape index (κ3) is 2.46. The van der Waals surface area contributed by atoms with Crippen molar-refractivity contribution in [2.75, 3.05) is 10.5 Å². The monoisotopic (exact) mass is 298 g/mol. The number of hydrogen-bond donors (Lipinski definition) is 2. The van der Waals surface area contributed by atoms with Gasteiger partial charge in [-0.05, 0) is 32.0 Å². The van der Waals surface area contributed by atoms with Gasteiger partial charge in [0.05, 0.1) is 27.7 Å². The second kappa shape index (κ2) is 4.78. The highest BCUT2D eigenvalue weighted by Crippen LogP contribution is 2.24. The third-order valence-corrected chi connectivity index (χ3v) is 4.38. The van der Waals surface area contributed by atoms with Crippen LogP contribution in [-0.4, -0.2) is 18.2 Å². The molecule has 0 amide bonds. The standard InChI is InChI=1S/C12H15FN4O2S/c1-7-12(8(2)17(3)15-7)16-20(18,19)9-4-5-11(14)10(13)6-9/h4-6,16H,14H2,1-3H3. The minimum atomic E-state index is -3.88. The Bertz CT molecular complexity index is 768. The van der Waals surface area contributed by atoms with Gasteiger partial charge in [0.25, 0.3) is 10.0 Å². The van der Waals surface area contributed by atoms with Gasteiger partial charge in [-0.2, -0.15) is 5.10 Å². The van der Waals surface area contributed by atoms with E-state index >= 15 is 0 Å². The number of halogens is 1. The number of nitrogen functional groups attached to an aromatic ring is 1. The minimum Gasteiger partial charge on any atom is -0.396 e. The molecule has 0 fully saturated rings. The van der Waals surface area contributed by atoms with Crippen molar-refractivity contribution in [3.8, 4) is 0 Å². The fourth-order valence-corrected chi connectivity index (χ4v) is 2.98. The first-order valence-corrected chi connectivity index (χ1v) is 7.28. The number of rotatable bonds is 3. The van der Waals surface area contributed by atoms with Crippen molar-refractivity contribution in [3.05, 3.63) is 35.4 Å². The van der Waals surface area contributed by atoms with E-state index in [1.165, 1.54) is 12.1 Å². The summed E-state index contributed by atoms with van der Waals surface area (Å²) in [6.45, 7) is 3.43. The summed E-state index contributed by atoms with van der Waals surface area (Å²) in [6, 6.07) is 3.35. The molecule has 0 saturated carbocycles. The van der Waals surface area contributed by atoms with Crippen LogP contribution < -0.4 is 10.5 Å². The van der Waals surface area contributed by atoms with Crippen molar-refractivity contribution in [3.63, 3.8) is 0 Å². The summed E-state index contributed by atoms with van der Waals surface area (Å²) >= 11 is 0. The van der Waals surface area contributed by atoms with Crippen LogP contribution in [-0.2, 0) is 17.1 Å². The summed E-state index contributed by atoms with van der Waals surface area (Å²) < 4.78 is 41.8. The second-order valence-corrected chi connectivity index (χ2v) is 6.14. The second-order valence-electron chi connectivity index (χ2n) is 4.46. The lowest BCUT2D eigenvalue weighted by atomic mass is 10.3. The molecule has 2 rings (SSSR count).